The Balaban J connectivity index is 2.07. The lowest BCUT2D eigenvalue weighted by atomic mass is 9.91. The van der Waals surface area contributed by atoms with E-state index in [1.165, 1.54) is 6.07 Å². The van der Waals surface area contributed by atoms with Crippen LogP contribution in [0.15, 0.2) is 22.7 Å². The molecule has 2 nitrogen and oxygen atoms in total. The van der Waals surface area contributed by atoms with Gasteiger partial charge < -0.3 is 10.1 Å². The fraction of sp³-hybridized carbons (Fsp3) is 0.600. The third-order valence-corrected chi connectivity index (χ3v) is 4.21. The molecule has 1 aliphatic heterocycles. The first kappa shape index (κ1) is 14.9. The minimum Gasteiger partial charge on any atom is -0.378 e. The van der Waals surface area contributed by atoms with Gasteiger partial charge in [-0.2, -0.15) is 0 Å². The summed E-state index contributed by atoms with van der Waals surface area (Å²) < 4.78 is 20.3. The van der Waals surface area contributed by atoms with E-state index < -0.39 is 0 Å². The Morgan fingerprint density at radius 3 is 2.89 bits per heavy atom. The number of hydrogen-bond donors (Lipinski definition) is 1. The molecule has 2 rings (SSSR count). The molecular weight excluding hydrogens is 309 g/mol. The number of rotatable bonds is 5. The lowest BCUT2D eigenvalue weighted by Crippen LogP contribution is -2.38. The Labute approximate surface area is 122 Å². The highest BCUT2D eigenvalue weighted by Crippen LogP contribution is 2.25. The van der Waals surface area contributed by atoms with E-state index >= 15 is 0 Å². The maximum Gasteiger partial charge on any atom is 0.127 e. The van der Waals surface area contributed by atoms with Crippen LogP contribution in [0.4, 0.5) is 4.39 Å². The average molecular weight is 330 g/mol. The molecule has 1 aromatic rings. The van der Waals surface area contributed by atoms with Gasteiger partial charge in [0.05, 0.1) is 12.7 Å². The van der Waals surface area contributed by atoms with Crippen LogP contribution in [0, 0.1) is 11.7 Å². The summed E-state index contributed by atoms with van der Waals surface area (Å²) in [5, 5.41) is 3.48. The van der Waals surface area contributed by atoms with E-state index in [9.17, 15) is 4.39 Å². The van der Waals surface area contributed by atoms with Gasteiger partial charge in [0.2, 0.25) is 0 Å². The van der Waals surface area contributed by atoms with E-state index in [0.29, 0.717) is 18.4 Å². The zero-order valence-electron chi connectivity index (χ0n) is 11.5. The molecule has 1 N–H and O–H groups in total. The predicted octanol–water partition coefficient (Wildman–Crippen LogP) is 3.53. The van der Waals surface area contributed by atoms with E-state index in [4.69, 9.17) is 4.74 Å². The summed E-state index contributed by atoms with van der Waals surface area (Å²) in [7, 11) is 0. The summed E-state index contributed by atoms with van der Waals surface area (Å²) >= 11 is 3.29. The molecule has 1 aromatic carbocycles. The van der Waals surface area contributed by atoms with Crippen molar-refractivity contribution in [2.24, 2.45) is 5.92 Å². The minimum atomic E-state index is -0.135. The normalized spacial score (nSPS) is 24.6. The second-order valence-electron chi connectivity index (χ2n) is 5.24. The van der Waals surface area contributed by atoms with Crippen molar-refractivity contribution >= 4 is 15.9 Å². The Morgan fingerprint density at radius 2 is 2.32 bits per heavy atom. The smallest absolute Gasteiger partial charge is 0.127 e. The molecule has 0 spiro atoms. The molecule has 0 aliphatic carbocycles. The highest BCUT2D eigenvalue weighted by molar-refractivity contribution is 9.10. The number of ether oxygens (including phenoxy) is 1. The second-order valence-corrected chi connectivity index (χ2v) is 6.16. The number of halogens is 2. The van der Waals surface area contributed by atoms with Crippen molar-refractivity contribution in [1.29, 1.82) is 0 Å². The SMILES string of the molecule is CCNC(Cc1ccc(Br)cc1F)C1COC(C)C1. The van der Waals surface area contributed by atoms with Gasteiger partial charge in [-0.15, -0.1) is 0 Å². The zero-order valence-corrected chi connectivity index (χ0v) is 13.0. The summed E-state index contributed by atoms with van der Waals surface area (Å²) in [5.41, 5.74) is 0.772. The van der Waals surface area contributed by atoms with Crippen LogP contribution >= 0.6 is 15.9 Å². The summed E-state index contributed by atoms with van der Waals surface area (Å²) in [5.74, 6) is 0.335. The molecule has 0 saturated carbocycles. The maximum atomic E-state index is 13.9. The van der Waals surface area contributed by atoms with Gasteiger partial charge in [-0.25, -0.2) is 4.39 Å². The Bertz CT molecular complexity index is 427. The van der Waals surface area contributed by atoms with Crippen molar-refractivity contribution in [1.82, 2.24) is 5.32 Å². The van der Waals surface area contributed by atoms with Gasteiger partial charge in [0.15, 0.2) is 0 Å². The van der Waals surface area contributed by atoms with Gasteiger partial charge in [-0.3, -0.25) is 0 Å². The predicted molar refractivity (Wildman–Crippen MR) is 78.8 cm³/mol. The van der Waals surface area contributed by atoms with Crippen LogP contribution in [0.5, 0.6) is 0 Å². The average Bonchev–Trinajstić information content (AvgIpc) is 2.78. The highest BCUT2D eigenvalue weighted by atomic mass is 79.9. The molecule has 1 fully saturated rings. The van der Waals surface area contributed by atoms with Gasteiger partial charge in [0.1, 0.15) is 5.82 Å². The molecule has 1 aliphatic rings. The number of likely N-dealkylation sites (N-methyl/N-ethyl adjacent to an activating group) is 1. The van der Waals surface area contributed by atoms with Gasteiger partial charge in [-0.1, -0.05) is 28.9 Å². The molecule has 106 valence electrons. The third kappa shape index (κ3) is 4.01. The molecule has 4 heteroatoms. The number of hydrogen-bond acceptors (Lipinski definition) is 2. The standard InChI is InChI=1S/C15H21BrFNO/c1-3-18-15(12-6-10(2)19-9-12)7-11-4-5-13(16)8-14(11)17/h4-5,8,10,12,15,18H,3,6-7,9H2,1-2H3. The second kappa shape index (κ2) is 6.82. The van der Waals surface area contributed by atoms with Gasteiger partial charge in [-0.05, 0) is 44.0 Å². The lowest BCUT2D eigenvalue weighted by molar-refractivity contribution is 0.117. The summed E-state index contributed by atoms with van der Waals surface area (Å²) in [6, 6.07) is 5.58. The molecule has 3 atom stereocenters. The van der Waals surface area contributed by atoms with Gasteiger partial charge in [0, 0.05) is 16.4 Å². The van der Waals surface area contributed by atoms with Crippen molar-refractivity contribution in [2.75, 3.05) is 13.2 Å². The van der Waals surface area contributed by atoms with Crippen LogP contribution in [0.1, 0.15) is 25.8 Å². The summed E-state index contributed by atoms with van der Waals surface area (Å²) in [4.78, 5) is 0. The summed E-state index contributed by atoms with van der Waals surface area (Å²) in [6.45, 7) is 5.86. The Hall–Kier alpha value is -0.450. The Morgan fingerprint density at radius 1 is 1.53 bits per heavy atom. The fourth-order valence-corrected chi connectivity index (χ4v) is 3.06. The molecule has 0 aromatic heterocycles. The topological polar surface area (TPSA) is 21.3 Å². The van der Waals surface area contributed by atoms with E-state index in [2.05, 4.69) is 35.1 Å². The van der Waals surface area contributed by atoms with Crippen LogP contribution in [-0.4, -0.2) is 25.3 Å². The molecular formula is C15H21BrFNO. The summed E-state index contributed by atoms with van der Waals surface area (Å²) in [6.07, 6.45) is 2.09. The molecule has 1 saturated heterocycles. The quantitative estimate of drug-likeness (QED) is 0.892. The van der Waals surface area contributed by atoms with Crippen LogP contribution < -0.4 is 5.32 Å². The van der Waals surface area contributed by atoms with Crippen LogP contribution in [0.2, 0.25) is 0 Å². The molecule has 0 bridgehead atoms. The molecule has 0 radical (unpaired) electrons. The third-order valence-electron chi connectivity index (χ3n) is 3.72. The molecule has 19 heavy (non-hydrogen) atoms. The van der Waals surface area contributed by atoms with Crippen molar-refractivity contribution in [2.45, 2.75) is 38.8 Å². The maximum absolute atomic E-state index is 13.9. The largest absolute Gasteiger partial charge is 0.378 e. The van der Waals surface area contributed by atoms with Crippen molar-refractivity contribution in [3.63, 3.8) is 0 Å². The zero-order chi connectivity index (χ0) is 13.8. The minimum absolute atomic E-state index is 0.135. The van der Waals surface area contributed by atoms with Gasteiger partial charge >= 0.3 is 0 Å². The Kier molecular flexibility index (Phi) is 5.37. The van der Waals surface area contributed by atoms with E-state index in [0.717, 1.165) is 29.6 Å². The van der Waals surface area contributed by atoms with Crippen LogP contribution in [-0.2, 0) is 11.2 Å². The molecule has 1 heterocycles. The van der Waals surface area contributed by atoms with Gasteiger partial charge in [0.25, 0.3) is 0 Å². The first-order chi connectivity index (χ1) is 9.10. The number of benzene rings is 1. The highest BCUT2D eigenvalue weighted by Gasteiger charge is 2.29. The van der Waals surface area contributed by atoms with Crippen LogP contribution in [0.3, 0.4) is 0 Å². The van der Waals surface area contributed by atoms with Crippen molar-refractivity contribution < 1.29 is 9.13 Å². The van der Waals surface area contributed by atoms with Crippen molar-refractivity contribution in [3.05, 3.63) is 34.1 Å². The van der Waals surface area contributed by atoms with E-state index in [1.54, 1.807) is 0 Å². The lowest BCUT2D eigenvalue weighted by Gasteiger charge is -2.23. The molecule has 3 unspecified atom stereocenters. The van der Waals surface area contributed by atoms with Crippen LogP contribution in [0.25, 0.3) is 0 Å². The van der Waals surface area contributed by atoms with E-state index in [-0.39, 0.29) is 11.9 Å². The first-order valence-electron chi connectivity index (χ1n) is 6.89. The molecule has 0 amide bonds. The monoisotopic (exact) mass is 329 g/mol. The van der Waals surface area contributed by atoms with E-state index in [1.807, 2.05) is 12.1 Å². The first-order valence-corrected chi connectivity index (χ1v) is 7.68. The number of nitrogens with one attached hydrogen (secondary N) is 1. The fourth-order valence-electron chi connectivity index (χ4n) is 2.72. The van der Waals surface area contributed by atoms with Crippen molar-refractivity contribution in [3.8, 4) is 0 Å².